The van der Waals surface area contributed by atoms with Crippen LogP contribution in [-0.2, 0) is 4.74 Å². The largest absolute Gasteiger partial charge is 0.573 e. The van der Waals surface area contributed by atoms with Crippen LogP contribution >= 0.6 is 22.9 Å². The number of nitrogens with zero attached hydrogens (tertiary/aromatic N) is 3. The van der Waals surface area contributed by atoms with Crippen LogP contribution in [0.1, 0.15) is 0 Å². The van der Waals surface area contributed by atoms with E-state index < -0.39 is 12.1 Å². The molecule has 0 aliphatic carbocycles. The van der Waals surface area contributed by atoms with E-state index in [1.165, 1.54) is 17.4 Å². The molecular formula is C17H14ClF3N4O3S. The van der Waals surface area contributed by atoms with Crippen molar-refractivity contribution in [3.05, 3.63) is 22.7 Å². The molecule has 3 aliphatic rings. The number of oxazole rings is 1. The van der Waals surface area contributed by atoms with Crippen molar-refractivity contribution in [2.45, 2.75) is 18.5 Å². The van der Waals surface area contributed by atoms with Crippen LogP contribution in [0, 0.1) is 0 Å². The van der Waals surface area contributed by atoms with Gasteiger partial charge in [-0.2, -0.15) is 4.98 Å². The highest BCUT2D eigenvalue weighted by Gasteiger charge is 2.37. The minimum Gasteiger partial charge on any atom is -0.422 e. The van der Waals surface area contributed by atoms with Gasteiger partial charge in [-0.3, -0.25) is 0 Å². The first-order valence-corrected chi connectivity index (χ1v) is 10.0. The Morgan fingerprint density at radius 1 is 1.34 bits per heavy atom. The van der Waals surface area contributed by atoms with Crippen molar-refractivity contribution in [3.8, 4) is 16.3 Å². The van der Waals surface area contributed by atoms with Crippen molar-refractivity contribution in [3.63, 3.8) is 0 Å². The number of hydrogen-bond donors (Lipinski definition) is 1. The second-order valence-electron chi connectivity index (χ2n) is 6.71. The smallest absolute Gasteiger partial charge is 0.422 e. The monoisotopic (exact) mass is 446 g/mol. The second-order valence-corrected chi connectivity index (χ2v) is 8.02. The molecule has 2 unspecified atom stereocenters. The molecule has 7 nitrogen and oxygen atoms in total. The van der Waals surface area contributed by atoms with Gasteiger partial charge in [0.2, 0.25) is 0 Å². The van der Waals surface area contributed by atoms with E-state index in [2.05, 4.69) is 20.0 Å². The SMILES string of the molecule is FC(F)(F)Oc1c(Cl)cc(-c2nccs2)c2oc(N3CC4CNCC3CO4)nc12. The summed E-state index contributed by atoms with van der Waals surface area (Å²) in [6.45, 7) is 2.33. The molecule has 29 heavy (non-hydrogen) atoms. The summed E-state index contributed by atoms with van der Waals surface area (Å²) >= 11 is 7.46. The lowest BCUT2D eigenvalue weighted by atomic mass is 10.2. The van der Waals surface area contributed by atoms with Crippen molar-refractivity contribution in [1.82, 2.24) is 15.3 Å². The van der Waals surface area contributed by atoms with Crippen LogP contribution in [0.25, 0.3) is 21.7 Å². The number of hydrogen-bond acceptors (Lipinski definition) is 8. The standard InChI is InChI=1S/C17H14ClF3N4O3S/c18-11-3-10(15-23-1-2-29-15)13-12(14(11)28-17(19,20)21)24-16(27-13)25-6-9-5-22-4-8(25)7-26-9/h1-3,8-9,22H,4-7H2. The number of benzene rings is 1. The van der Waals surface area contributed by atoms with Crippen LogP contribution in [0.2, 0.25) is 5.02 Å². The first-order chi connectivity index (χ1) is 13.9. The first-order valence-electron chi connectivity index (χ1n) is 8.76. The van der Waals surface area contributed by atoms with E-state index in [-0.39, 0.29) is 34.3 Å². The van der Waals surface area contributed by atoms with Gasteiger partial charge in [-0.25, -0.2) is 4.98 Å². The Morgan fingerprint density at radius 3 is 2.97 bits per heavy atom. The molecule has 5 heterocycles. The number of aromatic nitrogens is 2. The highest BCUT2D eigenvalue weighted by atomic mass is 35.5. The van der Waals surface area contributed by atoms with Gasteiger partial charge in [-0.1, -0.05) is 11.6 Å². The van der Waals surface area contributed by atoms with Gasteiger partial charge in [0.1, 0.15) is 5.01 Å². The third kappa shape index (κ3) is 3.52. The zero-order valence-electron chi connectivity index (χ0n) is 14.7. The Bertz CT molecular complexity index is 1040. The summed E-state index contributed by atoms with van der Waals surface area (Å²) in [7, 11) is 0. The van der Waals surface area contributed by atoms with Gasteiger partial charge >= 0.3 is 6.36 Å². The number of fused-ring (bicyclic) bond motifs is 5. The maximum atomic E-state index is 13.0. The summed E-state index contributed by atoms with van der Waals surface area (Å²) in [6, 6.07) is 1.51. The minimum atomic E-state index is -4.92. The van der Waals surface area contributed by atoms with Gasteiger partial charge in [-0.05, 0) is 6.07 Å². The number of thiazole rings is 1. The zero-order chi connectivity index (χ0) is 20.2. The van der Waals surface area contributed by atoms with Crippen LogP contribution in [0.3, 0.4) is 0 Å². The molecule has 3 fully saturated rings. The average Bonchev–Trinajstić information content (AvgIpc) is 3.25. The maximum absolute atomic E-state index is 13.0. The van der Waals surface area contributed by atoms with Crippen LogP contribution in [0.5, 0.6) is 5.75 Å². The molecule has 0 saturated carbocycles. The van der Waals surface area contributed by atoms with E-state index in [0.29, 0.717) is 36.8 Å². The molecule has 1 aromatic carbocycles. The maximum Gasteiger partial charge on any atom is 0.573 e. The summed E-state index contributed by atoms with van der Waals surface area (Å²) < 4.78 is 54.8. The van der Waals surface area contributed by atoms with Crippen molar-refractivity contribution >= 4 is 40.1 Å². The van der Waals surface area contributed by atoms with E-state index in [1.54, 1.807) is 11.6 Å². The number of morpholine rings is 1. The van der Waals surface area contributed by atoms with Crippen molar-refractivity contribution in [2.24, 2.45) is 0 Å². The first kappa shape index (κ1) is 18.9. The molecule has 1 N–H and O–H groups in total. The normalized spacial score (nSPS) is 22.3. The van der Waals surface area contributed by atoms with E-state index in [9.17, 15) is 13.2 Å². The Kier molecular flexibility index (Phi) is 4.57. The predicted molar refractivity (Wildman–Crippen MR) is 101 cm³/mol. The van der Waals surface area contributed by atoms with E-state index in [1.807, 2.05) is 4.90 Å². The third-order valence-electron chi connectivity index (χ3n) is 4.81. The van der Waals surface area contributed by atoms with Crippen LogP contribution in [-0.4, -0.2) is 54.7 Å². The Hall–Kier alpha value is -2.08. The number of alkyl halides is 3. The van der Waals surface area contributed by atoms with E-state index in [0.717, 1.165) is 0 Å². The molecule has 3 aliphatic heterocycles. The molecule has 2 atom stereocenters. The molecular weight excluding hydrogens is 433 g/mol. The fourth-order valence-corrected chi connectivity index (χ4v) is 4.45. The molecule has 0 radical (unpaired) electrons. The van der Waals surface area contributed by atoms with E-state index >= 15 is 0 Å². The van der Waals surface area contributed by atoms with Crippen molar-refractivity contribution in [2.75, 3.05) is 31.1 Å². The number of rotatable bonds is 3. The Morgan fingerprint density at radius 2 is 2.21 bits per heavy atom. The summed E-state index contributed by atoms with van der Waals surface area (Å²) in [5, 5.41) is 5.38. The Balaban J connectivity index is 1.67. The number of nitrogens with one attached hydrogen (secondary N) is 1. The third-order valence-corrected chi connectivity index (χ3v) is 5.89. The number of anilines is 1. The molecule has 0 spiro atoms. The summed E-state index contributed by atoms with van der Waals surface area (Å²) in [5.41, 5.74) is 0.513. The minimum absolute atomic E-state index is 0.0485. The summed E-state index contributed by atoms with van der Waals surface area (Å²) in [4.78, 5) is 10.5. The lowest BCUT2D eigenvalue weighted by molar-refractivity contribution is -0.274. The summed E-state index contributed by atoms with van der Waals surface area (Å²) in [6.07, 6.45) is -3.39. The van der Waals surface area contributed by atoms with Crippen molar-refractivity contribution in [1.29, 1.82) is 0 Å². The van der Waals surface area contributed by atoms with Crippen LogP contribution < -0.4 is 15.0 Å². The quantitative estimate of drug-likeness (QED) is 0.658. The number of halogens is 4. The van der Waals surface area contributed by atoms with Gasteiger partial charge in [0, 0.05) is 24.7 Å². The van der Waals surface area contributed by atoms with Gasteiger partial charge in [0.05, 0.1) is 35.9 Å². The molecule has 154 valence electrons. The van der Waals surface area contributed by atoms with Gasteiger partial charge in [-0.15, -0.1) is 24.5 Å². The fraction of sp³-hybridized carbons (Fsp3) is 0.412. The molecule has 2 aromatic heterocycles. The molecule has 0 amide bonds. The van der Waals surface area contributed by atoms with E-state index in [4.69, 9.17) is 20.8 Å². The molecule has 12 heteroatoms. The molecule has 6 rings (SSSR count). The summed E-state index contributed by atoms with van der Waals surface area (Å²) in [5.74, 6) is -0.584. The van der Waals surface area contributed by atoms with Gasteiger partial charge < -0.3 is 24.1 Å². The lowest BCUT2D eigenvalue weighted by Gasteiger charge is -2.34. The average molecular weight is 447 g/mol. The topological polar surface area (TPSA) is 72.7 Å². The fourth-order valence-electron chi connectivity index (χ4n) is 3.56. The highest BCUT2D eigenvalue weighted by Crippen LogP contribution is 2.44. The molecule has 2 bridgehead atoms. The van der Waals surface area contributed by atoms with Gasteiger partial charge in [0.25, 0.3) is 6.01 Å². The molecule has 3 aromatic rings. The van der Waals surface area contributed by atoms with Crippen molar-refractivity contribution < 1.29 is 27.1 Å². The highest BCUT2D eigenvalue weighted by molar-refractivity contribution is 7.13. The van der Waals surface area contributed by atoms with Gasteiger partial charge in [0.15, 0.2) is 16.8 Å². The van der Waals surface area contributed by atoms with Crippen LogP contribution in [0.4, 0.5) is 19.2 Å². The second kappa shape index (κ2) is 7.01. The predicted octanol–water partition coefficient (Wildman–Crippen LogP) is 3.68. The lowest BCUT2D eigenvalue weighted by Crippen LogP contribution is -2.49. The Labute approximate surface area is 171 Å². The number of ether oxygens (including phenoxy) is 2. The van der Waals surface area contributed by atoms with Crippen LogP contribution in [0.15, 0.2) is 22.1 Å². The zero-order valence-corrected chi connectivity index (χ0v) is 16.3. The molecule has 3 saturated heterocycles.